The van der Waals surface area contributed by atoms with Gasteiger partial charge < -0.3 is 38.7 Å². The monoisotopic (exact) mass is 322 g/mol. The summed E-state index contributed by atoms with van der Waals surface area (Å²) in [5.41, 5.74) is 0. The molecule has 0 bridgehead atoms. The van der Waals surface area contributed by atoms with E-state index in [0.29, 0.717) is 0 Å². The number of benzene rings is 1. The van der Waals surface area contributed by atoms with Gasteiger partial charge in [0.2, 0.25) is 0 Å². The van der Waals surface area contributed by atoms with Gasteiger partial charge in [-0.25, -0.2) is 0 Å². The third-order valence-electron chi connectivity index (χ3n) is 1.07. The van der Waals surface area contributed by atoms with Crippen LogP contribution in [0, 0.1) is 0 Å². The maximum atomic E-state index is 4.94. The van der Waals surface area contributed by atoms with Crippen LogP contribution in [0.15, 0.2) is 29.2 Å². The molecule has 1 aromatic carbocycles. The zero-order valence-corrected chi connectivity index (χ0v) is 12.1. The second-order valence-corrected chi connectivity index (χ2v) is 2.21. The SMILES string of the molecule is COc1ccc(S)cc1.[Br-].[Br-].[Mg+2]. The summed E-state index contributed by atoms with van der Waals surface area (Å²) in [6.07, 6.45) is 0. The normalized spacial score (nSPS) is 6.83. The van der Waals surface area contributed by atoms with Crippen molar-refractivity contribution >= 4 is 35.7 Å². The van der Waals surface area contributed by atoms with Crippen LogP contribution in [0.5, 0.6) is 5.75 Å². The van der Waals surface area contributed by atoms with Gasteiger partial charge in [-0.2, -0.15) is 0 Å². The van der Waals surface area contributed by atoms with Gasteiger partial charge in [0.25, 0.3) is 0 Å². The molecule has 12 heavy (non-hydrogen) atoms. The van der Waals surface area contributed by atoms with Crippen molar-refractivity contribution in [3.8, 4) is 5.75 Å². The Morgan fingerprint density at radius 2 is 1.50 bits per heavy atom. The minimum absolute atomic E-state index is 0. The molecule has 0 aliphatic carbocycles. The predicted octanol–water partition coefficient (Wildman–Crippen LogP) is -4.39. The van der Waals surface area contributed by atoms with E-state index in [1.165, 1.54) is 0 Å². The molecule has 1 aromatic rings. The van der Waals surface area contributed by atoms with Crippen molar-refractivity contribution in [2.45, 2.75) is 4.90 Å². The summed E-state index contributed by atoms with van der Waals surface area (Å²) in [6, 6.07) is 7.54. The summed E-state index contributed by atoms with van der Waals surface area (Å²) in [6.45, 7) is 0. The Hall–Kier alpha value is 1.10. The van der Waals surface area contributed by atoms with Crippen molar-refractivity contribution < 1.29 is 38.7 Å². The van der Waals surface area contributed by atoms with E-state index in [9.17, 15) is 0 Å². The quantitative estimate of drug-likeness (QED) is 0.406. The third kappa shape index (κ3) is 6.59. The van der Waals surface area contributed by atoms with E-state index in [1.807, 2.05) is 24.3 Å². The van der Waals surface area contributed by atoms with Gasteiger partial charge in [0.15, 0.2) is 0 Å². The van der Waals surface area contributed by atoms with Gasteiger partial charge in [-0.05, 0) is 24.3 Å². The molecule has 1 nitrogen and oxygen atoms in total. The molecule has 0 N–H and O–H groups in total. The summed E-state index contributed by atoms with van der Waals surface area (Å²) < 4.78 is 4.94. The molecule has 0 unspecified atom stereocenters. The van der Waals surface area contributed by atoms with E-state index in [1.54, 1.807) is 7.11 Å². The standard InChI is InChI=1S/C7H8OS.2BrH.Mg/c1-8-6-2-4-7(9)5-3-6;;;/h2-5,9H,1H3;2*1H;/q;;;+2/p-2. The van der Waals surface area contributed by atoms with Crippen LogP contribution in [0.25, 0.3) is 0 Å². The minimum atomic E-state index is 0. The van der Waals surface area contributed by atoms with E-state index < -0.39 is 0 Å². The van der Waals surface area contributed by atoms with Gasteiger partial charge in [-0.15, -0.1) is 12.6 Å². The maximum Gasteiger partial charge on any atom is 2.00 e. The van der Waals surface area contributed by atoms with Crippen LogP contribution in [0.3, 0.4) is 0 Å². The van der Waals surface area contributed by atoms with Crippen LogP contribution in [-0.2, 0) is 0 Å². The van der Waals surface area contributed by atoms with Gasteiger partial charge in [-0.3, -0.25) is 0 Å². The van der Waals surface area contributed by atoms with E-state index in [0.717, 1.165) is 10.6 Å². The number of hydrogen-bond donors (Lipinski definition) is 1. The van der Waals surface area contributed by atoms with Gasteiger partial charge in [0, 0.05) is 4.90 Å². The fourth-order valence-electron chi connectivity index (χ4n) is 0.582. The molecular formula is C7H8Br2MgOS. The molecule has 0 heterocycles. The molecule has 0 aliphatic rings. The molecule has 0 saturated heterocycles. The van der Waals surface area contributed by atoms with E-state index in [2.05, 4.69) is 12.6 Å². The molecule has 0 spiro atoms. The van der Waals surface area contributed by atoms with Crippen LogP contribution >= 0.6 is 12.6 Å². The molecule has 0 fully saturated rings. The van der Waals surface area contributed by atoms with E-state index >= 15 is 0 Å². The molecule has 0 aliphatic heterocycles. The van der Waals surface area contributed by atoms with Crippen LogP contribution in [0.2, 0.25) is 0 Å². The van der Waals surface area contributed by atoms with Crippen molar-refractivity contribution in [1.29, 1.82) is 0 Å². The number of halogens is 2. The largest absolute Gasteiger partial charge is 2.00 e. The number of ether oxygens (including phenoxy) is 1. The molecule has 0 saturated carbocycles. The van der Waals surface area contributed by atoms with Crippen LogP contribution in [-0.4, -0.2) is 30.2 Å². The Kier molecular flexibility index (Phi) is 15.9. The molecule has 64 valence electrons. The number of methoxy groups -OCH3 is 1. The first-order valence-electron chi connectivity index (χ1n) is 2.66. The smallest absolute Gasteiger partial charge is 1.00 e. The zero-order valence-electron chi connectivity index (χ0n) is 6.63. The fourth-order valence-corrected chi connectivity index (χ4v) is 0.731. The Balaban J connectivity index is -0.000000270. The summed E-state index contributed by atoms with van der Waals surface area (Å²) in [5, 5.41) is 0. The van der Waals surface area contributed by atoms with Crippen molar-refractivity contribution in [3.63, 3.8) is 0 Å². The number of rotatable bonds is 1. The van der Waals surface area contributed by atoms with Crippen LogP contribution in [0.4, 0.5) is 0 Å². The Morgan fingerprint density at radius 3 is 1.83 bits per heavy atom. The Labute approximate surface area is 115 Å². The second-order valence-electron chi connectivity index (χ2n) is 1.70. The van der Waals surface area contributed by atoms with E-state index in [-0.39, 0.29) is 57.0 Å². The summed E-state index contributed by atoms with van der Waals surface area (Å²) in [4.78, 5) is 0.954. The molecular weight excluding hydrogens is 316 g/mol. The fraction of sp³-hybridized carbons (Fsp3) is 0.143. The van der Waals surface area contributed by atoms with Crippen LogP contribution in [0.1, 0.15) is 0 Å². The summed E-state index contributed by atoms with van der Waals surface area (Å²) in [5.74, 6) is 0.868. The second kappa shape index (κ2) is 10.2. The molecule has 0 aromatic heterocycles. The van der Waals surface area contributed by atoms with E-state index in [4.69, 9.17) is 4.74 Å². The zero-order chi connectivity index (χ0) is 6.69. The molecule has 0 amide bonds. The Morgan fingerprint density at radius 1 is 1.08 bits per heavy atom. The molecule has 1 rings (SSSR count). The number of thiol groups is 1. The van der Waals surface area contributed by atoms with Crippen molar-refractivity contribution in [2.75, 3.05) is 7.11 Å². The first kappa shape index (κ1) is 18.8. The van der Waals surface area contributed by atoms with Crippen LogP contribution < -0.4 is 38.7 Å². The maximum absolute atomic E-state index is 4.94. The van der Waals surface area contributed by atoms with Crippen molar-refractivity contribution in [3.05, 3.63) is 24.3 Å². The Bertz CT molecular complexity index is 193. The number of hydrogen-bond acceptors (Lipinski definition) is 2. The minimum Gasteiger partial charge on any atom is -1.00 e. The topological polar surface area (TPSA) is 9.23 Å². The van der Waals surface area contributed by atoms with Gasteiger partial charge in [0.05, 0.1) is 7.11 Å². The molecule has 5 heteroatoms. The molecule has 0 radical (unpaired) electrons. The first-order valence-corrected chi connectivity index (χ1v) is 3.10. The van der Waals surface area contributed by atoms with Crippen molar-refractivity contribution in [1.82, 2.24) is 0 Å². The summed E-state index contributed by atoms with van der Waals surface area (Å²) in [7, 11) is 1.65. The predicted molar refractivity (Wildman–Crippen MR) is 46.0 cm³/mol. The first-order chi connectivity index (χ1) is 4.33. The van der Waals surface area contributed by atoms with Gasteiger partial charge in [0.1, 0.15) is 5.75 Å². The third-order valence-corrected chi connectivity index (χ3v) is 1.37. The van der Waals surface area contributed by atoms with Gasteiger partial charge in [-0.1, -0.05) is 0 Å². The molecule has 0 atom stereocenters. The summed E-state index contributed by atoms with van der Waals surface area (Å²) >= 11 is 4.11. The van der Waals surface area contributed by atoms with Gasteiger partial charge >= 0.3 is 23.1 Å². The average Bonchev–Trinajstić information content (AvgIpc) is 1.90. The van der Waals surface area contributed by atoms with Crippen molar-refractivity contribution in [2.24, 2.45) is 0 Å². The average molecular weight is 324 g/mol.